The molecule has 1 atom stereocenters. The highest BCUT2D eigenvalue weighted by Gasteiger charge is 2.19. The Bertz CT molecular complexity index is 479. The summed E-state index contributed by atoms with van der Waals surface area (Å²) in [6, 6.07) is 3.26. The van der Waals surface area contributed by atoms with Crippen molar-refractivity contribution in [3.8, 4) is 11.5 Å². The number of nitrogens with two attached hydrogens (primary N) is 1. The van der Waals surface area contributed by atoms with E-state index < -0.39 is 0 Å². The van der Waals surface area contributed by atoms with Gasteiger partial charge in [-0.15, -0.1) is 0 Å². The summed E-state index contributed by atoms with van der Waals surface area (Å²) in [7, 11) is 0. The molecule has 1 amide bonds. The van der Waals surface area contributed by atoms with Crippen LogP contribution >= 0.6 is 11.8 Å². The Kier molecular flexibility index (Phi) is 4.42. The molecule has 1 aromatic rings. The number of thioether (sulfide) groups is 1. The summed E-state index contributed by atoms with van der Waals surface area (Å²) in [5, 5.41) is 3.39. The fraction of sp³-hybridized carbons (Fsp3) is 0.462. The molecular weight excluding hydrogens is 264 g/mol. The molecule has 0 fully saturated rings. The number of hydrogen-bond donors (Lipinski definition) is 2. The first kappa shape index (κ1) is 13.9. The molecule has 1 aliphatic heterocycles. The van der Waals surface area contributed by atoms with E-state index in [2.05, 4.69) is 18.5 Å². The van der Waals surface area contributed by atoms with Crippen molar-refractivity contribution >= 4 is 23.4 Å². The number of carbonyl (C=O) groups is 1. The van der Waals surface area contributed by atoms with E-state index in [0.717, 1.165) is 6.42 Å². The Balaban J connectivity index is 1.99. The lowest BCUT2D eigenvalue weighted by Gasteiger charge is -2.11. The third-order valence-electron chi connectivity index (χ3n) is 3.03. The minimum Gasteiger partial charge on any atom is -0.454 e. The van der Waals surface area contributed by atoms with Crippen molar-refractivity contribution in [3.63, 3.8) is 0 Å². The molecule has 0 spiro atoms. The van der Waals surface area contributed by atoms with Gasteiger partial charge >= 0.3 is 0 Å². The third-order valence-corrected chi connectivity index (χ3v) is 4.07. The lowest BCUT2D eigenvalue weighted by Crippen LogP contribution is -2.26. The Morgan fingerprint density at radius 3 is 2.84 bits per heavy atom. The summed E-state index contributed by atoms with van der Waals surface area (Å²) in [6.45, 7) is 2.94. The highest BCUT2D eigenvalue weighted by molar-refractivity contribution is 7.99. The van der Waals surface area contributed by atoms with Gasteiger partial charge < -0.3 is 20.5 Å². The van der Waals surface area contributed by atoms with E-state index in [4.69, 9.17) is 15.2 Å². The second kappa shape index (κ2) is 6.06. The van der Waals surface area contributed by atoms with Gasteiger partial charge in [-0.25, -0.2) is 0 Å². The summed E-state index contributed by atoms with van der Waals surface area (Å²) >= 11 is 1.78. The van der Waals surface area contributed by atoms with Gasteiger partial charge in [0.15, 0.2) is 11.5 Å². The number of fused-ring (bicyclic) bond motifs is 1. The summed E-state index contributed by atoms with van der Waals surface area (Å²) < 4.78 is 10.4. The van der Waals surface area contributed by atoms with E-state index in [1.807, 2.05) is 0 Å². The highest BCUT2D eigenvalue weighted by Crippen LogP contribution is 2.35. The standard InChI is InChI=1S/C13H18N2O3S/c1-8(19-2)3-4-15-13(16)9-5-11-12(6-10(9)14)18-7-17-11/h5-6,8H,3-4,7,14H2,1-2H3,(H,15,16). The fourth-order valence-electron chi connectivity index (χ4n) is 1.76. The van der Waals surface area contributed by atoms with E-state index in [9.17, 15) is 4.79 Å². The molecule has 1 aliphatic rings. The Labute approximate surface area is 116 Å². The van der Waals surface area contributed by atoms with E-state index in [0.29, 0.717) is 34.5 Å². The quantitative estimate of drug-likeness (QED) is 0.807. The molecule has 0 aromatic heterocycles. The van der Waals surface area contributed by atoms with Crippen LogP contribution in [-0.2, 0) is 0 Å². The topological polar surface area (TPSA) is 73.6 Å². The van der Waals surface area contributed by atoms with Crippen LogP contribution in [0, 0.1) is 0 Å². The average Bonchev–Trinajstić information content (AvgIpc) is 2.84. The van der Waals surface area contributed by atoms with Crippen molar-refractivity contribution in [3.05, 3.63) is 17.7 Å². The van der Waals surface area contributed by atoms with Crippen molar-refractivity contribution in [1.29, 1.82) is 0 Å². The predicted molar refractivity (Wildman–Crippen MR) is 76.9 cm³/mol. The van der Waals surface area contributed by atoms with Crippen LogP contribution in [0.3, 0.4) is 0 Å². The molecular formula is C13H18N2O3S. The first-order valence-electron chi connectivity index (χ1n) is 6.12. The average molecular weight is 282 g/mol. The van der Waals surface area contributed by atoms with Gasteiger partial charge in [0.2, 0.25) is 6.79 Å². The van der Waals surface area contributed by atoms with Gasteiger partial charge in [0.1, 0.15) is 0 Å². The van der Waals surface area contributed by atoms with Crippen LogP contribution in [-0.4, -0.2) is 30.8 Å². The number of benzene rings is 1. The number of hydrogen-bond acceptors (Lipinski definition) is 5. The van der Waals surface area contributed by atoms with Crippen LogP contribution in [0.4, 0.5) is 5.69 Å². The molecule has 3 N–H and O–H groups in total. The van der Waals surface area contributed by atoms with E-state index in [-0.39, 0.29) is 12.7 Å². The van der Waals surface area contributed by atoms with Crippen LogP contribution < -0.4 is 20.5 Å². The Morgan fingerprint density at radius 1 is 1.47 bits per heavy atom. The summed E-state index contributed by atoms with van der Waals surface area (Å²) in [6.07, 6.45) is 2.99. The van der Waals surface area contributed by atoms with Crippen molar-refractivity contribution in [2.24, 2.45) is 0 Å². The second-order valence-corrected chi connectivity index (χ2v) is 5.66. The molecule has 1 heterocycles. The number of nitrogen functional groups attached to an aromatic ring is 1. The molecule has 0 aliphatic carbocycles. The maximum atomic E-state index is 12.0. The fourth-order valence-corrected chi connectivity index (χ4v) is 2.11. The number of rotatable bonds is 5. The van der Waals surface area contributed by atoms with Gasteiger partial charge in [-0.1, -0.05) is 6.92 Å². The maximum absolute atomic E-state index is 12.0. The number of carbonyl (C=O) groups excluding carboxylic acids is 1. The SMILES string of the molecule is CSC(C)CCNC(=O)c1cc2c(cc1N)OCO2. The first-order chi connectivity index (χ1) is 9.11. The van der Waals surface area contributed by atoms with Crippen LogP contribution in [0.2, 0.25) is 0 Å². The first-order valence-corrected chi connectivity index (χ1v) is 7.40. The molecule has 1 aromatic carbocycles. The van der Waals surface area contributed by atoms with Gasteiger partial charge in [-0.05, 0) is 18.7 Å². The normalized spacial score (nSPS) is 14.2. The largest absolute Gasteiger partial charge is 0.454 e. The second-order valence-electron chi connectivity index (χ2n) is 4.38. The van der Waals surface area contributed by atoms with Gasteiger partial charge in [0.05, 0.1) is 5.56 Å². The van der Waals surface area contributed by atoms with Crippen LogP contribution in [0.25, 0.3) is 0 Å². The molecule has 104 valence electrons. The molecule has 1 unspecified atom stereocenters. The zero-order chi connectivity index (χ0) is 13.8. The van der Waals surface area contributed by atoms with E-state index in [1.54, 1.807) is 23.9 Å². The number of nitrogens with one attached hydrogen (secondary N) is 1. The monoisotopic (exact) mass is 282 g/mol. The predicted octanol–water partition coefficient (Wildman–Crippen LogP) is 1.87. The van der Waals surface area contributed by atoms with E-state index >= 15 is 0 Å². The molecule has 0 radical (unpaired) electrons. The molecule has 19 heavy (non-hydrogen) atoms. The van der Waals surface area contributed by atoms with Gasteiger partial charge in [0, 0.05) is 23.5 Å². The van der Waals surface area contributed by atoms with Crippen molar-refractivity contribution in [1.82, 2.24) is 5.32 Å². The van der Waals surface area contributed by atoms with Crippen molar-refractivity contribution in [2.45, 2.75) is 18.6 Å². The highest BCUT2D eigenvalue weighted by atomic mass is 32.2. The maximum Gasteiger partial charge on any atom is 0.253 e. The minimum atomic E-state index is -0.177. The van der Waals surface area contributed by atoms with Crippen molar-refractivity contribution in [2.75, 3.05) is 25.3 Å². The molecule has 5 nitrogen and oxygen atoms in total. The lowest BCUT2D eigenvalue weighted by molar-refractivity contribution is 0.0953. The molecule has 0 bridgehead atoms. The Hall–Kier alpha value is -1.56. The van der Waals surface area contributed by atoms with Crippen LogP contribution in [0.5, 0.6) is 11.5 Å². The lowest BCUT2D eigenvalue weighted by atomic mass is 10.1. The van der Waals surface area contributed by atoms with Gasteiger partial charge in [-0.3, -0.25) is 4.79 Å². The summed E-state index contributed by atoms with van der Waals surface area (Å²) in [4.78, 5) is 12.0. The van der Waals surface area contributed by atoms with Crippen molar-refractivity contribution < 1.29 is 14.3 Å². The van der Waals surface area contributed by atoms with Crippen LogP contribution in [0.1, 0.15) is 23.7 Å². The van der Waals surface area contributed by atoms with Crippen LogP contribution in [0.15, 0.2) is 12.1 Å². The zero-order valence-corrected chi connectivity index (χ0v) is 11.9. The molecule has 6 heteroatoms. The number of ether oxygens (including phenoxy) is 2. The molecule has 0 saturated carbocycles. The smallest absolute Gasteiger partial charge is 0.253 e. The number of anilines is 1. The minimum absolute atomic E-state index is 0.172. The Morgan fingerprint density at radius 2 is 2.16 bits per heavy atom. The van der Waals surface area contributed by atoms with Gasteiger partial charge in [0.25, 0.3) is 5.91 Å². The third kappa shape index (κ3) is 3.26. The van der Waals surface area contributed by atoms with Gasteiger partial charge in [-0.2, -0.15) is 11.8 Å². The summed E-state index contributed by atoms with van der Waals surface area (Å²) in [5.41, 5.74) is 6.69. The molecule has 0 saturated heterocycles. The van der Waals surface area contributed by atoms with E-state index in [1.165, 1.54) is 0 Å². The summed E-state index contributed by atoms with van der Waals surface area (Å²) in [5.74, 6) is 0.978. The zero-order valence-electron chi connectivity index (χ0n) is 11.1. The number of amides is 1. The molecule has 2 rings (SSSR count).